The van der Waals surface area contributed by atoms with Crippen LogP contribution in [0.15, 0.2) is 47.5 Å². The molecule has 0 aliphatic heterocycles. The summed E-state index contributed by atoms with van der Waals surface area (Å²) in [6.07, 6.45) is 1.76. The number of nitrogens with two attached hydrogens (primary N) is 2. The number of hydrazine groups is 1. The van der Waals surface area contributed by atoms with E-state index < -0.39 is 0 Å². The number of thioether (sulfide) groups is 1. The summed E-state index contributed by atoms with van der Waals surface area (Å²) >= 11 is 1.74. The second-order valence-corrected chi connectivity index (χ2v) is 5.42. The van der Waals surface area contributed by atoms with Gasteiger partial charge in [0.1, 0.15) is 5.82 Å². The summed E-state index contributed by atoms with van der Waals surface area (Å²) in [6.45, 7) is 1.99. The van der Waals surface area contributed by atoms with Crippen LogP contribution >= 0.6 is 11.8 Å². The third kappa shape index (κ3) is 3.70. The molecule has 2 rings (SSSR count). The number of nitrogens with zero attached hydrogens (tertiary/aromatic N) is 1. The van der Waals surface area contributed by atoms with Crippen LogP contribution < -0.4 is 17.0 Å². The first kappa shape index (κ1) is 13.9. The van der Waals surface area contributed by atoms with E-state index in [0.29, 0.717) is 5.82 Å². The lowest BCUT2D eigenvalue weighted by atomic mass is 10.1. The van der Waals surface area contributed by atoms with E-state index in [0.717, 1.165) is 16.9 Å². The lowest BCUT2D eigenvalue weighted by Crippen LogP contribution is -2.30. The van der Waals surface area contributed by atoms with Crippen LogP contribution in [0.4, 0.5) is 5.82 Å². The smallest absolute Gasteiger partial charge is 0.128 e. The zero-order valence-electron chi connectivity index (χ0n) is 10.8. The number of hydrogen-bond donors (Lipinski definition) is 3. The molecule has 0 aliphatic rings. The highest BCUT2D eigenvalue weighted by Gasteiger charge is 2.14. The fourth-order valence-corrected chi connectivity index (χ4v) is 2.79. The van der Waals surface area contributed by atoms with Gasteiger partial charge in [0.05, 0.1) is 6.04 Å². The Balaban J connectivity index is 2.10. The lowest BCUT2D eigenvalue weighted by molar-refractivity contribution is 0.610. The molecule has 5 N–H and O–H groups in total. The second kappa shape index (κ2) is 6.56. The van der Waals surface area contributed by atoms with E-state index in [1.54, 1.807) is 18.0 Å². The van der Waals surface area contributed by atoms with Gasteiger partial charge in [-0.05, 0) is 30.7 Å². The SMILES string of the molecule is Cc1cnc(N)c(C(CSc2ccccc2)NN)c1. The average Bonchev–Trinajstić information content (AvgIpc) is 2.44. The molecule has 1 atom stereocenters. The number of nitrogen functional groups attached to an aromatic ring is 1. The summed E-state index contributed by atoms with van der Waals surface area (Å²) in [5.41, 5.74) is 10.8. The predicted molar refractivity (Wildman–Crippen MR) is 80.6 cm³/mol. The summed E-state index contributed by atoms with van der Waals surface area (Å²) in [7, 11) is 0. The quantitative estimate of drug-likeness (QED) is 0.443. The maximum Gasteiger partial charge on any atom is 0.128 e. The Bertz CT molecular complexity index is 530. The number of aromatic nitrogens is 1. The van der Waals surface area contributed by atoms with Crippen LogP contribution in [0, 0.1) is 6.92 Å². The van der Waals surface area contributed by atoms with Crippen molar-refractivity contribution in [2.75, 3.05) is 11.5 Å². The molecule has 0 aliphatic carbocycles. The number of rotatable bonds is 5. The van der Waals surface area contributed by atoms with E-state index >= 15 is 0 Å². The Labute approximate surface area is 117 Å². The molecule has 0 saturated heterocycles. The lowest BCUT2D eigenvalue weighted by Gasteiger charge is -2.17. The molecule has 19 heavy (non-hydrogen) atoms. The number of benzene rings is 1. The summed E-state index contributed by atoms with van der Waals surface area (Å²) in [5, 5.41) is 0. The maximum absolute atomic E-state index is 5.92. The monoisotopic (exact) mass is 274 g/mol. The molecule has 4 nitrogen and oxygen atoms in total. The summed E-state index contributed by atoms with van der Waals surface area (Å²) in [6, 6.07) is 12.2. The standard InChI is InChI=1S/C14H18N4S/c1-10-7-12(14(15)17-8-10)13(18-16)9-19-11-5-3-2-4-6-11/h2-8,13,18H,9,16H2,1H3,(H2,15,17). The second-order valence-electron chi connectivity index (χ2n) is 4.33. The van der Waals surface area contributed by atoms with Crippen molar-refractivity contribution < 1.29 is 0 Å². The molecule has 100 valence electrons. The Morgan fingerprint density at radius 2 is 2.05 bits per heavy atom. The fraction of sp³-hybridized carbons (Fsp3) is 0.214. The van der Waals surface area contributed by atoms with Gasteiger partial charge >= 0.3 is 0 Å². The van der Waals surface area contributed by atoms with E-state index in [4.69, 9.17) is 11.6 Å². The molecule has 2 aromatic rings. The molecular weight excluding hydrogens is 256 g/mol. The molecule has 0 amide bonds. The van der Waals surface area contributed by atoms with E-state index in [2.05, 4.69) is 22.5 Å². The minimum atomic E-state index is -0.0161. The van der Waals surface area contributed by atoms with Gasteiger partial charge < -0.3 is 5.73 Å². The molecule has 0 radical (unpaired) electrons. The zero-order chi connectivity index (χ0) is 13.7. The number of aryl methyl sites for hydroxylation is 1. The normalized spacial score (nSPS) is 12.3. The first-order valence-corrected chi connectivity index (χ1v) is 7.05. The van der Waals surface area contributed by atoms with Crippen LogP contribution in [0.25, 0.3) is 0 Å². The first-order valence-electron chi connectivity index (χ1n) is 6.06. The number of hydrogen-bond acceptors (Lipinski definition) is 5. The van der Waals surface area contributed by atoms with Gasteiger partial charge in [0.15, 0.2) is 0 Å². The molecule has 1 heterocycles. The van der Waals surface area contributed by atoms with Crippen molar-refractivity contribution in [1.29, 1.82) is 0 Å². The van der Waals surface area contributed by atoms with Crippen LogP contribution in [0.1, 0.15) is 17.2 Å². The number of pyridine rings is 1. The Kier molecular flexibility index (Phi) is 4.79. The van der Waals surface area contributed by atoms with E-state index in [-0.39, 0.29) is 6.04 Å². The van der Waals surface area contributed by atoms with Gasteiger partial charge in [-0.25, -0.2) is 4.98 Å². The summed E-state index contributed by atoms with van der Waals surface area (Å²) in [4.78, 5) is 5.39. The third-order valence-electron chi connectivity index (χ3n) is 2.82. The van der Waals surface area contributed by atoms with E-state index in [9.17, 15) is 0 Å². The topological polar surface area (TPSA) is 77.0 Å². The Morgan fingerprint density at radius 1 is 1.32 bits per heavy atom. The van der Waals surface area contributed by atoms with E-state index in [1.807, 2.05) is 31.2 Å². The highest BCUT2D eigenvalue weighted by molar-refractivity contribution is 7.99. The molecular formula is C14H18N4S. The third-order valence-corrected chi connectivity index (χ3v) is 3.93. The van der Waals surface area contributed by atoms with Gasteiger partial charge in [0.2, 0.25) is 0 Å². The van der Waals surface area contributed by atoms with Crippen molar-refractivity contribution >= 4 is 17.6 Å². The van der Waals surface area contributed by atoms with Crippen molar-refractivity contribution in [2.45, 2.75) is 17.9 Å². The highest BCUT2D eigenvalue weighted by Crippen LogP contribution is 2.26. The highest BCUT2D eigenvalue weighted by atomic mass is 32.2. The minimum absolute atomic E-state index is 0.0161. The van der Waals surface area contributed by atoms with E-state index in [1.165, 1.54) is 4.90 Å². The molecule has 1 aromatic carbocycles. The van der Waals surface area contributed by atoms with Gasteiger partial charge in [-0.1, -0.05) is 18.2 Å². The van der Waals surface area contributed by atoms with Crippen LogP contribution in [0.5, 0.6) is 0 Å². The van der Waals surface area contributed by atoms with Crippen molar-refractivity contribution in [3.05, 3.63) is 53.7 Å². The van der Waals surface area contributed by atoms with Gasteiger partial charge in [0.25, 0.3) is 0 Å². The first-order chi connectivity index (χ1) is 9.20. The number of nitrogens with one attached hydrogen (secondary N) is 1. The fourth-order valence-electron chi connectivity index (χ4n) is 1.81. The zero-order valence-corrected chi connectivity index (χ0v) is 11.7. The van der Waals surface area contributed by atoms with Crippen molar-refractivity contribution in [2.24, 2.45) is 5.84 Å². The molecule has 0 fully saturated rings. The van der Waals surface area contributed by atoms with Crippen molar-refractivity contribution in [3.8, 4) is 0 Å². The molecule has 5 heteroatoms. The Hall–Kier alpha value is -1.56. The molecule has 1 aromatic heterocycles. The van der Waals surface area contributed by atoms with Crippen LogP contribution in [0.3, 0.4) is 0 Å². The van der Waals surface area contributed by atoms with Crippen molar-refractivity contribution in [1.82, 2.24) is 10.4 Å². The summed E-state index contributed by atoms with van der Waals surface area (Å²) in [5.74, 6) is 6.97. The molecule has 0 saturated carbocycles. The largest absolute Gasteiger partial charge is 0.383 e. The van der Waals surface area contributed by atoms with Gasteiger partial charge in [0, 0.05) is 22.4 Å². The molecule has 0 bridgehead atoms. The maximum atomic E-state index is 5.92. The Morgan fingerprint density at radius 3 is 2.74 bits per heavy atom. The van der Waals surface area contributed by atoms with Gasteiger partial charge in [-0.15, -0.1) is 11.8 Å². The minimum Gasteiger partial charge on any atom is -0.383 e. The number of anilines is 1. The van der Waals surface area contributed by atoms with Gasteiger partial charge in [-0.2, -0.15) is 0 Å². The predicted octanol–water partition coefficient (Wildman–Crippen LogP) is 2.27. The van der Waals surface area contributed by atoms with Gasteiger partial charge in [-0.3, -0.25) is 11.3 Å². The van der Waals surface area contributed by atoms with Crippen molar-refractivity contribution in [3.63, 3.8) is 0 Å². The average molecular weight is 274 g/mol. The molecule has 0 spiro atoms. The molecule has 1 unspecified atom stereocenters. The van der Waals surface area contributed by atoms with Crippen LogP contribution in [-0.2, 0) is 0 Å². The van der Waals surface area contributed by atoms with Crippen LogP contribution in [0.2, 0.25) is 0 Å². The summed E-state index contributed by atoms with van der Waals surface area (Å²) < 4.78 is 0. The van der Waals surface area contributed by atoms with Crippen LogP contribution in [-0.4, -0.2) is 10.7 Å².